The van der Waals surface area contributed by atoms with E-state index in [1.54, 1.807) is 38.1 Å². The molecule has 1 heterocycles. The number of ether oxygens (including phenoxy) is 2. The Labute approximate surface area is 206 Å². The third-order valence-electron chi connectivity index (χ3n) is 4.52. The van der Waals surface area contributed by atoms with Gasteiger partial charge in [0.15, 0.2) is 11.5 Å². The average molecular weight is 547 g/mol. The minimum absolute atomic E-state index is 0.0325. The van der Waals surface area contributed by atoms with Gasteiger partial charge in [0.2, 0.25) is 5.91 Å². The van der Waals surface area contributed by atoms with Crippen molar-refractivity contribution in [2.45, 2.75) is 18.7 Å². The van der Waals surface area contributed by atoms with Gasteiger partial charge in [0.05, 0.1) is 23.6 Å². The summed E-state index contributed by atoms with van der Waals surface area (Å²) in [5.74, 6) is 1.35. The minimum Gasteiger partial charge on any atom is -0.493 e. The Morgan fingerprint density at radius 3 is 2.35 bits per heavy atom. The maximum absolute atomic E-state index is 12.6. The van der Waals surface area contributed by atoms with Crippen molar-refractivity contribution in [3.8, 4) is 11.5 Å². The molecule has 3 aromatic rings. The van der Waals surface area contributed by atoms with Gasteiger partial charge in [-0.15, -0.1) is 0 Å². The molecule has 0 aliphatic heterocycles. The van der Waals surface area contributed by atoms with Crippen molar-refractivity contribution >= 4 is 49.4 Å². The number of rotatable bonds is 8. The van der Waals surface area contributed by atoms with E-state index in [1.807, 2.05) is 0 Å². The van der Waals surface area contributed by atoms with E-state index < -0.39 is 10.0 Å². The van der Waals surface area contributed by atoms with Gasteiger partial charge in [-0.25, -0.2) is 18.4 Å². The summed E-state index contributed by atoms with van der Waals surface area (Å²) >= 11 is 3.41. The van der Waals surface area contributed by atoms with E-state index in [0.29, 0.717) is 33.2 Å². The molecule has 0 atom stereocenters. The lowest BCUT2D eigenvalue weighted by Gasteiger charge is -2.10. The number of aryl methyl sites for hydroxylation is 2. The van der Waals surface area contributed by atoms with Crippen LogP contribution in [-0.2, 0) is 14.8 Å². The molecular formula is C23H23BrN4O5S. The fraction of sp³-hybridized carbons (Fsp3) is 0.174. The molecule has 0 unspecified atom stereocenters. The topological polar surface area (TPSA) is 120 Å². The lowest BCUT2D eigenvalue weighted by Crippen LogP contribution is -2.15. The van der Waals surface area contributed by atoms with Gasteiger partial charge in [0.1, 0.15) is 11.6 Å². The summed E-state index contributed by atoms with van der Waals surface area (Å²) < 4.78 is 39.0. The molecule has 0 aliphatic rings. The third kappa shape index (κ3) is 6.33. The van der Waals surface area contributed by atoms with Crippen molar-refractivity contribution in [2.24, 2.45) is 0 Å². The Hall–Kier alpha value is -3.44. The zero-order chi connectivity index (χ0) is 24.9. The molecule has 2 N–H and O–H groups in total. The second-order valence-corrected chi connectivity index (χ2v) is 9.67. The van der Waals surface area contributed by atoms with Crippen LogP contribution in [0.25, 0.3) is 6.08 Å². The summed E-state index contributed by atoms with van der Waals surface area (Å²) in [4.78, 5) is 20.6. The predicted molar refractivity (Wildman–Crippen MR) is 134 cm³/mol. The summed E-state index contributed by atoms with van der Waals surface area (Å²) in [6, 6.07) is 10.9. The number of nitrogens with zero attached hydrogens (tertiary/aromatic N) is 2. The number of carbonyl (C=O) groups excluding carboxylic acids is 1. The van der Waals surface area contributed by atoms with Crippen LogP contribution >= 0.6 is 15.9 Å². The first-order chi connectivity index (χ1) is 16.1. The molecule has 1 aromatic heterocycles. The highest BCUT2D eigenvalue weighted by atomic mass is 79.9. The van der Waals surface area contributed by atoms with E-state index in [2.05, 4.69) is 35.9 Å². The van der Waals surface area contributed by atoms with Crippen molar-refractivity contribution in [3.05, 3.63) is 70.1 Å². The molecule has 2 aromatic carbocycles. The molecule has 0 aliphatic carbocycles. The molecule has 34 heavy (non-hydrogen) atoms. The summed E-state index contributed by atoms with van der Waals surface area (Å²) in [5, 5.41) is 2.69. The van der Waals surface area contributed by atoms with Crippen molar-refractivity contribution < 1.29 is 22.7 Å². The lowest BCUT2D eigenvalue weighted by atomic mass is 10.2. The van der Waals surface area contributed by atoms with E-state index in [9.17, 15) is 13.2 Å². The molecule has 0 radical (unpaired) electrons. The van der Waals surface area contributed by atoms with Crippen molar-refractivity contribution in [3.63, 3.8) is 0 Å². The molecule has 0 saturated heterocycles. The Kier molecular flexibility index (Phi) is 7.90. The van der Waals surface area contributed by atoms with E-state index in [1.165, 1.54) is 44.6 Å². The fourth-order valence-electron chi connectivity index (χ4n) is 3.07. The van der Waals surface area contributed by atoms with Crippen LogP contribution in [0.1, 0.15) is 17.1 Å². The Bertz CT molecular complexity index is 1320. The molecule has 178 valence electrons. The first-order valence-electron chi connectivity index (χ1n) is 9.97. The van der Waals surface area contributed by atoms with Crippen LogP contribution < -0.4 is 19.5 Å². The van der Waals surface area contributed by atoms with E-state index >= 15 is 0 Å². The molecule has 11 heteroatoms. The van der Waals surface area contributed by atoms with Crippen LogP contribution in [0.3, 0.4) is 0 Å². The smallest absolute Gasteiger partial charge is 0.263 e. The Morgan fingerprint density at radius 1 is 1.03 bits per heavy atom. The first kappa shape index (κ1) is 25.2. The number of benzene rings is 2. The second-order valence-electron chi connectivity index (χ2n) is 7.13. The van der Waals surface area contributed by atoms with Gasteiger partial charge in [0.25, 0.3) is 10.0 Å². The van der Waals surface area contributed by atoms with E-state index in [-0.39, 0.29) is 16.6 Å². The van der Waals surface area contributed by atoms with Crippen molar-refractivity contribution in [1.82, 2.24) is 9.97 Å². The molecule has 0 bridgehead atoms. The number of methoxy groups -OCH3 is 2. The van der Waals surface area contributed by atoms with E-state index in [4.69, 9.17) is 9.47 Å². The molecular weight excluding hydrogens is 524 g/mol. The number of carbonyl (C=O) groups is 1. The fourth-order valence-corrected chi connectivity index (χ4v) is 4.69. The zero-order valence-corrected chi connectivity index (χ0v) is 21.3. The number of nitrogens with one attached hydrogen (secondary N) is 2. The lowest BCUT2D eigenvalue weighted by molar-refractivity contribution is -0.111. The monoisotopic (exact) mass is 546 g/mol. The SMILES string of the molecule is COc1cc(C=CC(=O)Nc2ccc(S(=O)(=O)Nc3cc(C)nc(C)n3)cc2)cc(Br)c1OC. The quantitative estimate of drug-likeness (QED) is 0.403. The summed E-state index contributed by atoms with van der Waals surface area (Å²) in [5.41, 5.74) is 1.81. The molecule has 0 spiro atoms. The maximum atomic E-state index is 12.6. The van der Waals surface area contributed by atoms with Gasteiger partial charge in [-0.2, -0.15) is 0 Å². The normalized spacial score (nSPS) is 11.3. The Balaban J connectivity index is 1.68. The van der Waals surface area contributed by atoms with Crippen LogP contribution in [0.2, 0.25) is 0 Å². The van der Waals surface area contributed by atoms with Crippen molar-refractivity contribution in [2.75, 3.05) is 24.3 Å². The minimum atomic E-state index is -3.85. The number of hydrogen-bond donors (Lipinski definition) is 2. The van der Waals surface area contributed by atoms with Crippen LogP contribution in [0.4, 0.5) is 11.5 Å². The van der Waals surface area contributed by atoms with Crippen LogP contribution in [-0.4, -0.2) is 38.5 Å². The number of amides is 1. The molecule has 3 rings (SSSR count). The molecule has 1 amide bonds. The van der Waals surface area contributed by atoms with Gasteiger partial charge in [-0.05, 0) is 77.8 Å². The van der Waals surface area contributed by atoms with Gasteiger partial charge >= 0.3 is 0 Å². The first-order valence-corrected chi connectivity index (χ1v) is 12.2. The highest BCUT2D eigenvalue weighted by Crippen LogP contribution is 2.36. The molecule has 0 saturated carbocycles. The van der Waals surface area contributed by atoms with Gasteiger partial charge in [0, 0.05) is 23.5 Å². The van der Waals surface area contributed by atoms with Gasteiger partial charge in [-0.1, -0.05) is 0 Å². The highest BCUT2D eigenvalue weighted by molar-refractivity contribution is 9.10. The number of aromatic nitrogens is 2. The third-order valence-corrected chi connectivity index (χ3v) is 6.48. The number of hydrogen-bond acceptors (Lipinski definition) is 7. The van der Waals surface area contributed by atoms with Crippen LogP contribution in [0, 0.1) is 13.8 Å². The molecule has 9 nitrogen and oxygen atoms in total. The Morgan fingerprint density at radius 2 is 1.74 bits per heavy atom. The van der Waals surface area contributed by atoms with Crippen molar-refractivity contribution in [1.29, 1.82) is 0 Å². The van der Waals surface area contributed by atoms with Gasteiger partial charge < -0.3 is 14.8 Å². The zero-order valence-electron chi connectivity index (χ0n) is 18.9. The standard InChI is InChI=1S/C23H23BrN4O5S/c1-14-11-21(26-15(2)25-14)28-34(30,31)18-8-6-17(7-9-18)27-22(29)10-5-16-12-19(24)23(33-4)20(13-16)32-3/h5-13H,1-4H3,(H,27,29)(H,25,26,28). The number of halogens is 1. The summed E-state index contributed by atoms with van der Waals surface area (Å²) in [6.45, 7) is 3.43. The average Bonchev–Trinajstić information content (AvgIpc) is 2.76. The number of anilines is 2. The maximum Gasteiger partial charge on any atom is 0.263 e. The number of sulfonamides is 1. The summed E-state index contributed by atoms with van der Waals surface area (Å²) in [7, 11) is -0.783. The predicted octanol–water partition coefficient (Wildman–Crippen LogP) is 4.33. The molecule has 0 fully saturated rings. The van der Waals surface area contributed by atoms with Crippen LogP contribution in [0.5, 0.6) is 11.5 Å². The van der Waals surface area contributed by atoms with Gasteiger partial charge in [-0.3, -0.25) is 9.52 Å². The highest BCUT2D eigenvalue weighted by Gasteiger charge is 2.16. The largest absolute Gasteiger partial charge is 0.493 e. The second kappa shape index (κ2) is 10.7. The van der Waals surface area contributed by atoms with Crippen LogP contribution in [0.15, 0.2) is 57.9 Å². The summed E-state index contributed by atoms with van der Waals surface area (Å²) in [6.07, 6.45) is 2.98. The van der Waals surface area contributed by atoms with E-state index in [0.717, 1.165) is 5.56 Å².